The van der Waals surface area contributed by atoms with E-state index >= 15 is 0 Å². The van der Waals surface area contributed by atoms with E-state index in [1.165, 1.54) is 18.3 Å². The van der Waals surface area contributed by atoms with Crippen LogP contribution in [-0.4, -0.2) is 44.2 Å². The van der Waals surface area contributed by atoms with E-state index in [-0.39, 0.29) is 27.8 Å². The van der Waals surface area contributed by atoms with E-state index in [0.29, 0.717) is 11.4 Å². The lowest BCUT2D eigenvalue weighted by atomic mass is 10.0. The number of pyridine rings is 1. The van der Waals surface area contributed by atoms with Crippen LogP contribution in [0, 0.1) is 17.2 Å². The highest BCUT2D eigenvalue weighted by Crippen LogP contribution is 2.26. The standard InChI is InChI=1S/C17H22N4O3S.C7H11NO/c1-17(2,3)25(23,24)12-7-5-11(6-8-12)21-15(18)14-13(19-4)9-10-20-16(14)22;8-6-7-2-1-4-9-5-3-7/h5-10H,1-4H3,(H2,18,21)(H2,19,20,22);7H,1-5H2. The Kier molecular flexibility index (Phi) is 9.41. The number of aromatic nitrogens is 1. The fourth-order valence-electron chi connectivity index (χ4n) is 3.22. The second-order valence-electron chi connectivity index (χ2n) is 8.82. The number of H-pyrrole nitrogens is 1. The van der Waals surface area contributed by atoms with Crippen molar-refractivity contribution in [2.24, 2.45) is 16.6 Å². The summed E-state index contributed by atoms with van der Waals surface area (Å²) in [4.78, 5) is 19.0. The average Bonchev–Trinajstić information content (AvgIpc) is 3.08. The summed E-state index contributed by atoms with van der Waals surface area (Å²) >= 11 is 0. The average molecular weight is 488 g/mol. The van der Waals surface area contributed by atoms with Crippen molar-refractivity contribution in [2.75, 3.05) is 25.6 Å². The number of rotatable bonds is 4. The molecule has 1 aliphatic heterocycles. The van der Waals surface area contributed by atoms with E-state index in [9.17, 15) is 13.2 Å². The number of nitrogens with zero attached hydrogens (tertiary/aromatic N) is 2. The molecule has 0 saturated carbocycles. The number of aromatic amines is 1. The fraction of sp³-hybridized carbons (Fsp3) is 0.458. The molecule has 1 aliphatic rings. The Balaban J connectivity index is 0.000000379. The minimum absolute atomic E-state index is 0.0395. The summed E-state index contributed by atoms with van der Waals surface area (Å²) in [7, 11) is -1.76. The van der Waals surface area contributed by atoms with Crippen LogP contribution in [0.3, 0.4) is 0 Å². The van der Waals surface area contributed by atoms with Gasteiger partial charge in [-0.3, -0.25) is 4.79 Å². The molecule has 1 fully saturated rings. The summed E-state index contributed by atoms with van der Waals surface area (Å²) in [5.74, 6) is 0.296. The van der Waals surface area contributed by atoms with Gasteiger partial charge >= 0.3 is 0 Å². The molecule has 2 heterocycles. The van der Waals surface area contributed by atoms with Gasteiger partial charge in [-0.15, -0.1) is 0 Å². The van der Waals surface area contributed by atoms with E-state index in [0.717, 1.165) is 32.5 Å². The number of benzene rings is 1. The minimum atomic E-state index is -3.44. The highest BCUT2D eigenvalue weighted by atomic mass is 32.2. The molecular weight excluding hydrogens is 454 g/mol. The third-order valence-corrected chi connectivity index (χ3v) is 7.83. The van der Waals surface area contributed by atoms with Gasteiger partial charge < -0.3 is 20.8 Å². The van der Waals surface area contributed by atoms with Gasteiger partial charge in [0.05, 0.1) is 27.1 Å². The SMILES string of the molecule is CNc1cc[nH]c(=O)c1C(N)=Nc1ccc(S(=O)(=O)C(C)(C)C)cc1.N#CC1CCCOCC1. The van der Waals surface area contributed by atoms with E-state index in [1.807, 2.05) is 0 Å². The summed E-state index contributed by atoms with van der Waals surface area (Å²) in [5, 5.41) is 11.4. The van der Waals surface area contributed by atoms with Gasteiger partial charge in [0.25, 0.3) is 5.56 Å². The molecule has 1 aromatic carbocycles. The summed E-state index contributed by atoms with van der Waals surface area (Å²) in [6.07, 6.45) is 4.52. The van der Waals surface area contributed by atoms with Crippen LogP contribution in [0.4, 0.5) is 11.4 Å². The maximum atomic E-state index is 12.4. The highest BCUT2D eigenvalue weighted by Gasteiger charge is 2.30. The van der Waals surface area contributed by atoms with Crippen LogP contribution in [-0.2, 0) is 14.6 Å². The van der Waals surface area contributed by atoms with Crippen LogP contribution in [0.1, 0.15) is 45.6 Å². The second kappa shape index (κ2) is 11.8. The van der Waals surface area contributed by atoms with Crippen LogP contribution >= 0.6 is 0 Å². The topological polar surface area (TPSA) is 150 Å². The van der Waals surface area contributed by atoms with Gasteiger partial charge in [-0.05, 0) is 70.4 Å². The van der Waals surface area contributed by atoms with Gasteiger partial charge in [0.1, 0.15) is 11.4 Å². The number of hydrogen-bond donors (Lipinski definition) is 3. The van der Waals surface area contributed by atoms with Crippen LogP contribution in [0.2, 0.25) is 0 Å². The summed E-state index contributed by atoms with van der Waals surface area (Å²) in [6, 6.07) is 10.0. The van der Waals surface area contributed by atoms with Crippen LogP contribution in [0.25, 0.3) is 0 Å². The monoisotopic (exact) mass is 487 g/mol. The molecule has 1 atom stereocenters. The maximum absolute atomic E-state index is 12.4. The first-order chi connectivity index (χ1) is 16.0. The minimum Gasteiger partial charge on any atom is -0.387 e. The van der Waals surface area contributed by atoms with Crippen molar-refractivity contribution in [2.45, 2.75) is 49.7 Å². The summed E-state index contributed by atoms with van der Waals surface area (Å²) < 4.78 is 29.1. The van der Waals surface area contributed by atoms with Gasteiger partial charge in [0.2, 0.25) is 0 Å². The molecule has 4 N–H and O–H groups in total. The number of nitriles is 1. The molecular formula is C24H33N5O4S. The third kappa shape index (κ3) is 6.92. The number of hydrogen-bond acceptors (Lipinski definition) is 7. The van der Waals surface area contributed by atoms with Gasteiger partial charge in [-0.25, -0.2) is 13.4 Å². The molecule has 1 unspecified atom stereocenters. The normalized spacial score (nSPS) is 17.0. The number of aliphatic imine (C=N–C) groups is 1. The van der Waals surface area contributed by atoms with Crippen molar-refractivity contribution in [3.63, 3.8) is 0 Å². The van der Waals surface area contributed by atoms with E-state index in [2.05, 4.69) is 21.4 Å². The van der Waals surface area contributed by atoms with Gasteiger partial charge in [-0.1, -0.05) is 0 Å². The molecule has 10 heteroatoms. The van der Waals surface area contributed by atoms with Crippen molar-refractivity contribution in [3.8, 4) is 6.07 Å². The first-order valence-corrected chi connectivity index (χ1v) is 12.6. The third-order valence-electron chi connectivity index (χ3n) is 5.32. The largest absolute Gasteiger partial charge is 0.387 e. The number of amidine groups is 1. The lowest BCUT2D eigenvalue weighted by molar-refractivity contribution is 0.143. The molecule has 0 spiro atoms. The van der Waals surface area contributed by atoms with Crippen molar-refractivity contribution >= 4 is 27.0 Å². The van der Waals surface area contributed by atoms with E-state index in [4.69, 9.17) is 15.7 Å². The Morgan fingerprint density at radius 2 is 1.88 bits per heavy atom. The first-order valence-electron chi connectivity index (χ1n) is 11.1. The predicted molar refractivity (Wildman–Crippen MR) is 134 cm³/mol. The van der Waals surface area contributed by atoms with Gasteiger partial charge in [0, 0.05) is 32.4 Å². The molecule has 9 nitrogen and oxygen atoms in total. The number of anilines is 1. The maximum Gasteiger partial charge on any atom is 0.261 e. The van der Waals surface area contributed by atoms with Crippen molar-refractivity contribution in [1.29, 1.82) is 5.26 Å². The molecule has 1 saturated heterocycles. The molecule has 1 aromatic heterocycles. The predicted octanol–water partition coefficient (Wildman–Crippen LogP) is 3.35. The van der Waals surface area contributed by atoms with Crippen molar-refractivity contribution in [1.82, 2.24) is 4.98 Å². The zero-order valence-corrected chi connectivity index (χ0v) is 20.9. The Hall–Kier alpha value is -3.16. The Morgan fingerprint density at radius 1 is 1.21 bits per heavy atom. The zero-order valence-electron chi connectivity index (χ0n) is 20.1. The van der Waals surface area contributed by atoms with E-state index in [1.54, 1.807) is 46.0 Å². The van der Waals surface area contributed by atoms with Gasteiger partial charge in [-0.2, -0.15) is 5.26 Å². The molecule has 0 bridgehead atoms. The molecule has 0 radical (unpaired) electrons. The summed E-state index contributed by atoms with van der Waals surface area (Å²) in [5.41, 5.74) is 6.85. The van der Waals surface area contributed by atoms with Crippen LogP contribution < -0.4 is 16.6 Å². The second-order valence-corrected chi connectivity index (χ2v) is 11.5. The molecule has 2 aromatic rings. The number of nitrogens with two attached hydrogens (primary N) is 1. The fourth-order valence-corrected chi connectivity index (χ4v) is 4.42. The number of nitrogens with one attached hydrogen (secondary N) is 2. The van der Waals surface area contributed by atoms with E-state index < -0.39 is 14.6 Å². The molecule has 34 heavy (non-hydrogen) atoms. The smallest absolute Gasteiger partial charge is 0.261 e. The quantitative estimate of drug-likeness (QED) is 0.442. The lowest BCUT2D eigenvalue weighted by Crippen LogP contribution is -2.27. The van der Waals surface area contributed by atoms with Crippen LogP contribution in [0.15, 0.2) is 51.2 Å². The highest BCUT2D eigenvalue weighted by molar-refractivity contribution is 7.92. The summed E-state index contributed by atoms with van der Waals surface area (Å²) in [6.45, 7) is 6.56. The molecule has 184 valence electrons. The number of sulfone groups is 1. The Labute approximate surface area is 201 Å². The molecule has 0 amide bonds. The molecule has 0 aliphatic carbocycles. The lowest BCUT2D eigenvalue weighted by Gasteiger charge is -2.19. The Morgan fingerprint density at radius 3 is 2.47 bits per heavy atom. The van der Waals surface area contributed by atoms with Crippen molar-refractivity contribution in [3.05, 3.63) is 52.4 Å². The van der Waals surface area contributed by atoms with Crippen molar-refractivity contribution < 1.29 is 13.2 Å². The zero-order chi connectivity index (χ0) is 25.4. The van der Waals surface area contributed by atoms with Gasteiger partial charge in [0.15, 0.2) is 9.84 Å². The Bertz CT molecular complexity index is 1180. The molecule has 3 rings (SSSR count). The van der Waals surface area contributed by atoms with Crippen LogP contribution in [0.5, 0.6) is 0 Å². The first kappa shape index (κ1) is 27.1. The number of ether oxygens (including phenoxy) is 1.